The highest BCUT2D eigenvalue weighted by atomic mass is 79.9. The van der Waals surface area contributed by atoms with Gasteiger partial charge in [0.1, 0.15) is 12.0 Å². The van der Waals surface area contributed by atoms with Crippen molar-refractivity contribution in [2.75, 3.05) is 5.33 Å². The van der Waals surface area contributed by atoms with E-state index in [4.69, 9.17) is 0 Å². The summed E-state index contributed by atoms with van der Waals surface area (Å²) >= 11 is 3.37. The second kappa shape index (κ2) is 6.29. The number of hydrogen-bond acceptors (Lipinski definition) is 2. The number of alkyl halides is 2. The molecule has 4 aliphatic carbocycles. The molecule has 0 aromatic heterocycles. The Hall–Kier alpha value is 0.0400. The lowest BCUT2D eigenvalue weighted by Gasteiger charge is -2.57. The molecule has 3 unspecified atom stereocenters. The van der Waals surface area contributed by atoms with Crippen LogP contribution in [0.15, 0.2) is 0 Å². The summed E-state index contributed by atoms with van der Waals surface area (Å²) in [4.78, 5) is 12.4. The molecule has 9 atom stereocenters. The van der Waals surface area contributed by atoms with Crippen molar-refractivity contribution >= 4 is 21.7 Å². The minimum Gasteiger partial charge on any atom is -0.390 e. The molecule has 0 radical (unpaired) electrons. The van der Waals surface area contributed by atoms with E-state index >= 15 is 4.39 Å². The van der Waals surface area contributed by atoms with E-state index in [1.165, 1.54) is 0 Å². The summed E-state index contributed by atoms with van der Waals surface area (Å²) in [5, 5.41) is 10.9. The van der Waals surface area contributed by atoms with E-state index < -0.39 is 11.8 Å². The van der Waals surface area contributed by atoms with Crippen LogP contribution in [-0.4, -0.2) is 28.0 Å². The van der Waals surface area contributed by atoms with Crippen molar-refractivity contribution in [2.45, 2.75) is 77.0 Å². The molecule has 4 aliphatic rings. The molecule has 0 heterocycles. The molecule has 0 aromatic rings. The zero-order valence-electron chi connectivity index (χ0n) is 15.5. The first kappa shape index (κ1) is 18.4. The van der Waals surface area contributed by atoms with Crippen LogP contribution in [0.5, 0.6) is 0 Å². The fourth-order valence-electron chi connectivity index (χ4n) is 7.62. The van der Waals surface area contributed by atoms with Gasteiger partial charge < -0.3 is 5.11 Å². The van der Waals surface area contributed by atoms with E-state index in [1.807, 2.05) is 6.92 Å². The van der Waals surface area contributed by atoms with Crippen molar-refractivity contribution in [3.63, 3.8) is 0 Å². The van der Waals surface area contributed by atoms with Crippen LogP contribution in [0.2, 0.25) is 0 Å². The second-order valence-electron chi connectivity index (χ2n) is 10.0. The minimum atomic E-state index is -0.772. The molecule has 1 N–H and O–H groups in total. The largest absolute Gasteiger partial charge is 0.390 e. The Balaban J connectivity index is 1.58. The predicted molar refractivity (Wildman–Crippen MR) is 100 cm³/mol. The number of fused-ring (bicyclic) bond motifs is 5. The summed E-state index contributed by atoms with van der Waals surface area (Å²) in [6, 6.07) is 0. The molecular weight excluding hydrogens is 383 g/mol. The highest BCUT2D eigenvalue weighted by Gasteiger charge is 2.60. The third-order valence-corrected chi connectivity index (χ3v) is 9.32. The first-order chi connectivity index (χ1) is 11.8. The summed E-state index contributed by atoms with van der Waals surface area (Å²) in [6.07, 6.45) is 6.69. The lowest BCUT2D eigenvalue weighted by Crippen LogP contribution is -2.54. The van der Waals surface area contributed by atoms with Gasteiger partial charge >= 0.3 is 0 Å². The average Bonchev–Trinajstić information content (AvgIpc) is 2.91. The van der Waals surface area contributed by atoms with E-state index in [9.17, 15) is 9.90 Å². The quantitative estimate of drug-likeness (QED) is 0.651. The van der Waals surface area contributed by atoms with E-state index in [1.54, 1.807) is 0 Å². The standard InChI is InChI=1S/C21H32BrFO2/c1-20(25)7-5-13-12-6-8-21(2)16(3-4-17(21)19(24)11-22)14(12)9-18(23)15(13)10-20/h12-18,25H,3-11H2,1-2H3/t12-,13?,14-,15+,16?,17-,18?,20-,21+/m1/s1. The second-order valence-corrected chi connectivity index (χ2v) is 10.6. The van der Waals surface area contributed by atoms with Crippen LogP contribution in [0.25, 0.3) is 0 Å². The van der Waals surface area contributed by atoms with Crippen LogP contribution in [0, 0.1) is 40.9 Å². The summed E-state index contributed by atoms with van der Waals surface area (Å²) in [5.41, 5.74) is -0.596. The molecule has 25 heavy (non-hydrogen) atoms. The van der Waals surface area contributed by atoms with Crippen molar-refractivity contribution in [2.24, 2.45) is 40.9 Å². The number of ketones is 1. The summed E-state index contributed by atoms with van der Waals surface area (Å²) < 4.78 is 15.2. The van der Waals surface area contributed by atoms with Gasteiger partial charge in [0.05, 0.1) is 10.9 Å². The number of aliphatic hydroxyl groups is 1. The zero-order valence-corrected chi connectivity index (χ0v) is 17.1. The monoisotopic (exact) mass is 414 g/mol. The van der Waals surface area contributed by atoms with Crippen LogP contribution in [-0.2, 0) is 4.79 Å². The smallest absolute Gasteiger partial charge is 0.147 e. The normalized spacial score (nSPS) is 55.2. The van der Waals surface area contributed by atoms with Gasteiger partial charge in [-0.25, -0.2) is 4.39 Å². The molecule has 4 rings (SSSR count). The van der Waals surface area contributed by atoms with Crippen molar-refractivity contribution in [3.8, 4) is 0 Å². The topological polar surface area (TPSA) is 37.3 Å². The lowest BCUT2D eigenvalue weighted by molar-refractivity contribution is -0.137. The molecule has 142 valence electrons. The molecule has 0 amide bonds. The van der Waals surface area contributed by atoms with Crippen molar-refractivity contribution in [1.82, 2.24) is 0 Å². The molecule has 4 heteroatoms. The summed E-state index contributed by atoms with van der Waals surface area (Å²) in [7, 11) is 0. The van der Waals surface area contributed by atoms with Crippen LogP contribution in [0.4, 0.5) is 4.39 Å². The van der Waals surface area contributed by atoms with Gasteiger partial charge in [-0.2, -0.15) is 0 Å². The van der Waals surface area contributed by atoms with Crippen LogP contribution in [0.3, 0.4) is 0 Å². The van der Waals surface area contributed by atoms with Crippen LogP contribution >= 0.6 is 15.9 Å². The minimum absolute atomic E-state index is 0.0516. The fourth-order valence-corrected chi connectivity index (χ4v) is 8.02. The molecule has 0 saturated heterocycles. The van der Waals surface area contributed by atoms with Gasteiger partial charge in [-0.1, -0.05) is 22.9 Å². The van der Waals surface area contributed by atoms with Crippen molar-refractivity contribution in [1.29, 1.82) is 0 Å². The molecule has 0 spiro atoms. The van der Waals surface area contributed by atoms with E-state index in [2.05, 4.69) is 22.9 Å². The third-order valence-electron chi connectivity index (χ3n) is 8.77. The number of Topliss-reactive ketones (excluding diaryl/α,β-unsaturated/α-hetero) is 1. The SMILES string of the molecule is C[C@@]1(O)CCC2[C@H](C1)C(F)C[C@H]1C3CC[C@H](C(=O)CBr)[C@@]3(C)CC[C@H]21. The molecule has 4 saturated carbocycles. The zero-order chi connectivity index (χ0) is 18.0. The van der Waals surface area contributed by atoms with Gasteiger partial charge in [0.2, 0.25) is 0 Å². The maximum absolute atomic E-state index is 15.2. The van der Waals surface area contributed by atoms with Crippen LogP contribution in [0.1, 0.15) is 65.2 Å². The molecule has 0 aliphatic heterocycles. The number of carbonyl (C=O) groups is 1. The number of halogens is 2. The molecule has 2 nitrogen and oxygen atoms in total. The Bertz CT molecular complexity index is 550. The van der Waals surface area contributed by atoms with E-state index in [0.29, 0.717) is 47.6 Å². The summed E-state index contributed by atoms with van der Waals surface area (Å²) in [6.45, 7) is 4.20. The first-order valence-corrected chi connectivity index (χ1v) is 11.3. The Morgan fingerprint density at radius 3 is 2.48 bits per heavy atom. The Kier molecular flexibility index (Phi) is 4.63. The number of hydrogen-bond donors (Lipinski definition) is 1. The highest BCUT2D eigenvalue weighted by Crippen LogP contribution is 2.65. The lowest BCUT2D eigenvalue weighted by atomic mass is 9.48. The van der Waals surface area contributed by atoms with Crippen molar-refractivity contribution in [3.05, 3.63) is 0 Å². The van der Waals surface area contributed by atoms with Gasteiger partial charge in [-0.05, 0) is 93.3 Å². The highest BCUT2D eigenvalue weighted by molar-refractivity contribution is 9.09. The predicted octanol–water partition coefficient (Wildman–Crippen LogP) is 4.92. The summed E-state index contributed by atoms with van der Waals surface area (Å²) in [5.74, 6) is 2.60. The van der Waals surface area contributed by atoms with Gasteiger partial charge in [0, 0.05) is 5.92 Å². The Morgan fingerprint density at radius 2 is 1.76 bits per heavy atom. The molecular formula is C21H32BrFO2. The maximum atomic E-state index is 15.2. The van der Waals surface area contributed by atoms with Gasteiger partial charge in [-0.3, -0.25) is 4.79 Å². The molecule has 0 bridgehead atoms. The van der Waals surface area contributed by atoms with Gasteiger partial charge in [0.25, 0.3) is 0 Å². The Labute approximate surface area is 159 Å². The first-order valence-electron chi connectivity index (χ1n) is 10.2. The maximum Gasteiger partial charge on any atom is 0.147 e. The van der Waals surface area contributed by atoms with Crippen molar-refractivity contribution < 1.29 is 14.3 Å². The average molecular weight is 415 g/mol. The number of carbonyl (C=O) groups excluding carboxylic acids is 1. The van der Waals surface area contributed by atoms with Gasteiger partial charge in [-0.15, -0.1) is 0 Å². The van der Waals surface area contributed by atoms with Crippen LogP contribution < -0.4 is 0 Å². The molecule has 0 aromatic carbocycles. The number of rotatable bonds is 2. The van der Waals surface area contributed by atoms with Gasteiger partial charge in [0.15, 0.2) is 0 Å². The Morgan fingerprint density at radius 1 is 1.08 bits per heavy atom. The van der Waals surface area contributed by atoms with E-state index in [0.717, 1.165) is 38.5 Å². The third kappa shape index (κ3) is 2.85. The molecule has 4 fully saturated rings. The fraction of sp³-hybridized carbons (Fsp3) is 0.952. The van der Waals surface area contributed by atoms with E-state index in [-0.39, 0.29) is 17.3 Å².